The van der Waals surface area contributed by atoms with Crippen LogP contribution in [0.4, 0.5) is 4.39 Å². The van der Waals surface area contributed by atoms with Crippen molar-refractivity contribution in [3.05, 3.63) is 23.5 Å². The average Bonchev–Trinajstić information content (AvgIpc) is 2.39. The molecule has 0 saturated carbocycles. The van der Waals surface area contributed by atoms with Crippen LogP contribution in [-0.2, 0) is 0 Å². The van der Waals surface area contributed by atoms with Gasteiger partial charge in [-0.2, -0.15) is 0 Å². The Morgan fingerprint density at radius 1 is 1.11 bits per heavy atom. The maximum absolute atomic E-state index is 14.0. The Morgan fingerprint density at radius 2 is 1.61 bits per heavy atom. The number of hydrogen-bond donors (Lipinski definition) is 2. The number of methoxy groups -OCH3 is 2. The summed E-state index contributed by atoms with van der Waals surface area (Å²) in [4.78, 5) is 0. The number of hydrogen-bond acceptors (Lipinski definition) is 4. The summed E-state index contributed by atoms with van der Waals surface area (Å²) >= 11 is 0. The van der Waals surface area contributed by atoms with Crippen molar-refractivity contribution >= 4 is 0 Å². The molecular weight excluding hydrogens is 235 g/mol. The van der Waals surface area contributed by atoms with Crippen LogP contribution in [0, 0.1) is 11.7 Å². The van der Waals surface area contributed by atoms with Crippen molar-refractivity contribution < 1.29 is 13.9 Å². The molecule has 1 unspecified atom stereocenters. The Hall–Kier alpha value is -1.33. The van der Waals surface area contributed by atoms with Crippen molar-refractivity contribution in [1.29, 1.82) is 0 Å². The molecule has 1 atom stereocenters. The third-order valence-electron chi connectivity index (χ3n) is 3.31. The smallest absolute Gasteiger partial charge is 0.163 e. The summed E-state index contributed by atoms with van der Waals surface area (Å²) in [6.45, 7) is 2.76. The van der Waals surface area contributed by atoms with E-state index in [1.165, 1.54) is 20.3 Å². The van der Waals surface area contributed by atoms with E-state index in [1.807, 2.05) is 6.92 Å². The highest BCUT2D eigenvalue weighted by Crippen LogP contribution is 2.35. The van der Waals surface area contributed by atoms with E-state index in [-0.39, 0.29) is 17.7 Å². The Balaban J connectivity index is 3.16. The Morgan fingerprint density at radius 3 is 2.06 bits per heavy atom. The first kappa shape index (κ1) is 14.7. The van der Waals surface area contributed by atoms with Gasteiger partial charge in [0.2, 0.25) is 0 Å². The van der Waals surface area contributed by atoms with E-state index in [9.17, 15) is 4.39 Å². The molecular formula is C13H21FN2O2. The van der Waals surface area contributed by atoms with Gasteiger partial charge in [-0.1, -0.05) is 6.92 Å². The molecule has 0 aliphatic heterocycles. The van der Waals surface area contributed by atoms with Crippen LogP contribution in [0.25, 0.3) is 0 Å². The Kier molecular flexibility index (Phi) is 5.37. The molecule has 0 aliphatic carbocycles. The van der Waals surface area contributed by atoms with E-state index in [2.05, 4.69) is 0 Å². The van der Waals surface area contributed by atoms with E-state index in [0.29, 0.717) is 30.2 Å². The van der Waals surface area contributed by atoms with E-state index < -0.39 is 0 Å². The SMILES string of the molecule is COc1cc(F)c(C(C)C(CN)CN)cc1OC. The maximum Gasteiger partial charge on any atom is 0.163 e. The molecule has 18 heavy (non-hydrogen) atoms. The third-order valence-corrected chi connectivity index (χ3v) is 3.31. The molecule has 102 valence electrons. The van der Waals surface area contributed by atoms with Gasteiger partial charge in [-0.25, -0.2) is 4.39 Å². The molecule has 0 amide bonds. The van der Waals surface area contributed by atoms with Gasteiger partial charge in [-0.15, -0.1) is 0 Å². The van der Waals surface area contributed by atoms with E-state index in [4.69, 9.17) is 20.9 Å². The zero-order valence-electron chi connectivity index (χ0n) is 11.1. The van der Waals surface area contributed by atoms with Gasteiger partial charge in [-0.3, -0.25) is 0 Å². The molecule has 0 saturated heterocycles. The second-order valence-corrected chi connectivity index (χ2v) is 4.25. The summed E-state index contributed by atoms with van der Waals surface area (Å²) in [6, 6.07) is 2.98. The second kappa shape index (κ2) is 6.56. The van der Waals surface area contributed by atoms with Gasteiger partial charge < -0.3 is 20.9 Å². The quantitative estimate of drug-likeness (QED) is 0.808. The molecule has 0 heterocycles. The monoisotopic (exact) mass is 256 g/mol. The number of halogens is 1. The predicted molar refractivity (Wildman–Crippen MR) is 69.5 cm³/mol. The topological polar surface area (TPSA) is 70.5 Å². The summed E-state index contributed by atoms with van der Waals surface area (Å²) in [7, 11) is 3.00. The Labute approximate surface area is 107 Å². The van der Waals surface area contributed by atoms with Crippen LogP contribution in [0.5, 0.6) is 11.5 Å². The molecule has 1 rings (SSSR count). The molecule has 0 aromatic heterocycles. The number of benzene rings is 1. The lowest BCUT2D eigenvalue weighted by Crippen LogP contribution is -2.28. The maximum atomic E-state index is 14.0. The lowest BCUT2D eigenvalue weighted by Gasteiger charge is -2.22. The highest BCUT2D eigenvalue weighted by molar-refractivity contribution is 5.44. The summed E-state index contributed by atoms with van der Waals surface area (Å²) < 4.78 is 24.2. The van der Waals surface area contributed by atoms with Gasteiger partial charge in [0.15, 0.2) is 11.5 Å². The van der Waals surface area contributed by atoms with Crippen LogP contribution in [-0.4, -0.2) is 27.3 Å². The predicted octanol–water partition coefficient (Wildman–Crippen LogP) is 1.48. The zero-order chi connectivity index (χ0) is 13.7. The largest absolute Gasteiger partial charge is 0.493 e. The second-order valence-electron chi connectivity index (χ2n) is 4.25. The van der Waals surface area contributed by atoms with Gasteiger partial charge in [0.05, 0.1) is 14.2 Å². The molecule has 5 heteroatoms. The fraction of sp³-hybridized carbons (Fsp3) is 0.538. The third kappa shape index (κ3) is 2.91. The molecule has 1 aromatic carbocycles. The minimum atomic E-state index is -0.327. The first-order valence-corrected chi connectivity index (χ1v) is 5.90. The van der Waals surface area contributed by atoms with Crippen molar-refractivity contribution in [2.45, 2.75) is 12.8 Å². The number of nitrogens with two attached hydrogens (primary N) is 2. The van der Waals surface area contributed by atoms with E-state index in [0.717, 1.165) is 0 Å². The minimum Gasteiger partial charge on any atom is -0.493 e. The normalized spacial score (nSPS) is 12.6. The highest BCUT2D eigenvalue weighted by Gasteiger charge is 2.21. The van der Waals surface area contributed by atoms with Crippen LogP contribution in [0.1, 0.15) is 18.4 Å². The zero-order valence-corrected chi connectivity index (χ0v) is 11.1. The molecule has 0 spiro atoms. The molecule has 0 bridgehead atoms. The van der Waals surface area contributed by atoms with Gasteiger partial charge in [0.1, 0.15) is 5.82 Å². The van der Waals surface area contributed by atoms with Crippen LogP contribution in [0.15, 0.2) is 12.1 Å². The number of ether oxygens (including phenoxy) is 2. The average molecular weight is 256 g/mol. The van der Waals surface area contributed by atoms with Crippen molar-refractivity contribution in [3.8, 4) is 11.5 Å². The number of rotatable bonds is 6. The summed E-state index contributed by atoms with van der Waals surface area (Å²) in [5.74, 6) is 0.529. The van der Waals surface area contributed by atoms with Crippen molar-refractivity contribution in [2.24, 2.45) is 17.4 Å². The molecule has 0 fully saturated rings. The fourth-order valence-corrected chi connectivity index (χ4v) is 1.98. The van der Waals surface area contributed by atoms with Gasteiger partial charge in [0.25, 0.3) is 0 Å². The highest BCUT2D eigenvalue weighted by atomic mass is 19.1. The molecule has 4 nitrogen and oxygen atoms in total. The standard InChI is InChI=1S/C13H21FN2O2/c1-8(9(6-15)7-16)10-4-12(17-2)13(18-3)5-11(10)14/h4-5,8-9H,6-7,15-16H2,1-3H3. The lowest BCUT2D eigenvalue weighted by atomic mass is 9.87. The molecule has 1 aromatic rings. The van der Waals surface area contributed by atoms with Gasteiger partial charge in [-0.05, 0) is 36.6 Å². The summed E-state index contributed by atoms with van der Waals surface area (Å²) in [5, 5.41) is 0. The summed E-state index contributed by atoms with van der Waals surface area (Å²) in [5.41, 5.74) is 11.8. The Bertz CT molecular complexity index is 395. The van der Waals surface area contributed by atoms with Gasteiger partial charge >= 0.3 is 0 Å². The first-order valence-electron chi connectivity index (χ1n) is 5.90. The van der Waals surface area contributed by atoms with Crippen LogP contribution >= 0.6 is 0 Å². The van der Waals surface area contributed by atoms with Crippen LogP contribution in [0.3, 0.4) is 0 Å². The molecule has 0 aliphatic rings. The van der Waals surface area contributed by atoms with Gasteiger partial charge in [0, 0.05) is 6.07 Å². The van der Waals surface area contributed by atoms with E-state index in [1.54, 1.807) is 6.07 Å². The fourth-order valence-electron chi connectivity index (χ4n) is 1.98. The van der Waals surface area contributed by atoms with E-state index >= 15 is 0 Å². The molecule has 0 radical (unpaired) electrons. The summed E-state index contributed by atoms with van der Waals surface area (Å²) in [6.07, 6.45) is 0. The van der Waals surface area contributed by atoms with Crippen molar-refractivity contribution in [1.82, 2.24) is 0 Å². The molecule has 4 N–H and O–H groups in total. The first-order chi connectivity index (χ1) is 8.58. The van der Waals surface area contributed by atoms with Crippen molar-refractivity contribution in [3.63, 3.8) is 0 Å². The van der Waals surface area contributed by atoms with Crippen molar-refractivity contribution in [2.75, 3.05) is 27.3 Å². The minimum absolute atomic E-state index is 0.0394. The van der Waals surface area contributed by atoms with Crippen LogP contribution in [0.2, 0.25) is 0 Å². The lowest BCUT2D eigenvalue weighted by molar-refractivity contribution is 0.349. The van der Waals surface area contributed by atoms with Crippen LogP contribution < -0.4 is 20.9 Å².